The molecule has 0 saturated heterocycles. The maximum absolute atomic E-state index is 11.4. The fraction of sp³-hybridized carbons (Fsp3) is 0.417. The Labute approximate surface area is 106 Å². The summed E-state index contributed by atoms with van der Waals surface area (Å²) in [7, 11) is 1.94. The number of nitrogen functional groups attached to an aromatic ring is 1. The predicted molar refractivity (Wildman–Crippen MR) is 70.4 cm³/mol. The number of primary amides is 1. The number of halogens is 1. The van der Waals surface area contributed by atoms with Gasteiger partial charge in [-0.25, -0.2) is 0 Å². The molecule has 0 aliphatic heterocycles. The zero-order valence-corrected chi connectivity index (χ0v) is 10.5. The van der Waals surface area contributed by atoms with E-state index in [1.807, 2.05) is 11.9 Å². The van der Waals surface area contributed by atoms with Gasteiger partial charge in [0, 0.05) is 18.8 Å². The number of anilines is 2. The predicted octanol–water partition coefficient (Wildman–Crippen LogP) is 2.01. The number of carbonyl (C=O) groups excluding carboxylic acids is 1. The molecule has 1 amide bonds. The van der Waals surface area contributed by atoms with E-state index in [1.165, 1.54) is 6.42 Å². The first kappa shape index (κ1) is 12.0. The number of rotatable bonds is 3. The minimum atomic E-state index is -0.500. The number of hydrogen-bond acceptors (Lipinski definition) is 3. The molecule has 0 aromatic heterocycles. The second-order valence-corrected chi connectivity index (χ2v) is 4.87. The van der Waals surface area contributed by atoms with Crippen LogP contribution in [-0.4, -0.2) is 19.0 Å². The van der Waals surface area contributed by atoms with Gasteiger partial charge in [-0.3, -0.25) is 4.79 Å². The van der Waals surface area contributed by atoms with E-state index in [0.29, 0.717) is 28.0 Å². The largest absolute Gasteiger partial charge is 0.399 e. The average molecular weight is 254 g/mol. The third kappa shape index (κ3) is 2.17. The van der Waals surface area contributed by atoms with Crippen molar-refractivity contribution in [3.63, 3.8) is 0 Å². The van der Waals surface area contributed by atoms with Gasteiger partial charge in [-0.15, -0.1) is 0 Å². The fourth-order valence-corrected chi connectivity index (χ4v) is 2.48. The Bertz CT molecular complexity index is 457. The molecule has 0 radical (unpaired) electrons. The lowest BCUT2D eigenvalue weighted by molar-refractivity contribution is 0.100. The normalized spacial score (nSPS) is 15.4. The van der Waals surface area contributed by atoms with Gasteiger partial charge in [0.2, 0.25) is 0 Å². The molecular weight excluding hydrogens is 238 g/mol. The highest BCUT2D eigenvalue weighted by atomic mass is 35.5. The maximum Gasteiger partial charge on any atom is 0.250 e. The molecule has 4 N–H and O–H groups in total. The fourth-order valence-electron chi connectivity index (χ4n) is 2.12. The summed E-state index contributed by atoms with van der Waals surface area (Å²) >= 11 is 6.17. The molecule has 1 aliphatic carbocycles. The molecule has 0 unspecified atom stereocenters. The van der Waals surface area contributed by atoms with Crippen molar-refractivity contribution < 1.29 is 4.79 Å². The summed E-state index contributed by atoms with van der Waals surface area (Å²) in [5.74, 6) is -0.500. The summed E-state index contributed by atoms with van der Waals surface area (Å²) in [6.45, 7) is 0. The van der Waals surface area contributed by atoms with Gasteiger partial charge in [0.15, 0.2) is 0 Å². The summed E-state index contributed by atoms with van der Waals surface area (Å²) in [4.78, 5) is 13.5. The molecule has 0 atom stereocenters. The van der Waals surface area contributed by atoms with Crippen molar-refractivity contribution in [1.82, 2.24) is 0 Å². The Morgan fingerprint density at radius 3 is 2.59 bits per heavy atom. The highest BCUT2D eigenvalue weighted by Crippen LogP contribution is 2.36. The third-order valence-corrected chi connectivity index (χ3v) is 3.61. The van der Waals surface area contributed by atoms with Crippen molar-refractivity contribution in [2.24, 2.45) is 5.73 Å². The van der Waals surface area contributed by atoms with E-state index in [4.69, 9.17) is 23.1 Å². The molecule has 1 aromatic carbocycles. The van der Waals surface area contributed by atoms with Gasteiger partial charge in [0.25, 0.3) is 5.91 Å². The van der Waals surface area contributed by atoms with Crippen LogP contribution in [0.5, 0.6) is 0 Å². The Kier molecular flexibility index (Phi) is 3.15. The number of carbonyl (C=O) groups is 1. The van der Waals surface area contributed by atoms with E-state index in [9.17, 15) is 4.79 Å². The minimum Gasteiger partial charge on any atom is -0.399 e. The summed E-state index contributed by atoms with van der Waals surface area (Å²) in [5, 5.41) is 0.480. The highest BCUT2D eigenvalue weighted by Gasteiger charge is 2.26. The van der Waals surface area contributed by atoms with Crippen LogP contribution in [-0.2, 0) is 0 Å². The zero-order chi connectivity index (χ0) is 12.6. The summed E-state index contributed by atoms with van der Waals surface area (Å²) in [6.07, 6.45) is 3.46. The molecule has 5 heteroatoms. The van der Waals surface area contributed by atoms with Crippen molar-refractivity contribution in [2.45, 2.75) is 25.3 Å². The average Bonchev–Trinajstić information content (AvgIpc) is 2.12. The van der Waals surface area contributed by atoms with Crippen molar-refractivity contribution >= 4 is 28.9 Å². The van der Waals surface area contributed by atoms with Crippen LogP contribution in [0.15, 0.2) is 12.1 Å². The highest BCUT2D eigenvalue weighted by molar-refractivity contribution is 6.34. The van der Waals surface area contributed by atoms with Crippen molar-refractivity contribution in [1.29, 1.82) is 0 Å². The molecule has 92 valence electrons. The molecule has 1 fully saturated rings. The van der Waals surface area contributed by atoms with Gasteiger partial charge in [0.05, 0.1) is 16.3 Å². The Morgan fingerprint density at radius 2 is 2.12 bits per heavy atom. The molecule has 0 heterocycles. The monoisotopic (exact) mass is 253 g/mol. The van der Waals surface area contributed by atoms with Crippen LogP contribution in [0.1, 0.15) is 29.6 Å². The lowest BCUT2D eigenvalue weighted by Crippen LogP contribution is -2.38. The zero-order valence-electron chi connectivity index (χ0n) is 9.74. The van der Waals surface area contributed by atoms with Crippen molar-refractivity contribution in [3.05, 3.63) is 22.7 Å². The summed E-state index contributed by atoms with van der Waals surface area (Å²) in [5.41, 5.74) is 12.6. The van der Waals surface area contributed by atoms with Crippen LogP contribution in [0.25, 0.3) is 0 Å². The second-order valence-electron chi connectivity index (χ2n) is 4.46. The number of nitrogens with two attached hydrogens (primary N) is 2. The number of benzene rings is 1. The first-order valence-corrected chi connectivity index (χ1v) is 6.00. The van der Waals surface area contributed by atoms with Crippen molar-refractivity contribution in [3.8, 4) is 0 Å². The lowest BCUT2D eigenvalue weighted by Gasteiger charge is -2.37. The molecule has 1 aliphatic rings. The molecule has 1 saturated carbocycles. The number of amides is 1. The van der Waals surface area contributed by atoms with Gasteiger partial charge in [-0.1, -0.05) is 11.6 Å². The van der Waals surface area contributed by atoms with Gasteiger partial charge in [-0.2, -0.15) is 0 Å². The van der Waals surface area contributed by atoms with Crippen molar-refractivity contribution in [2.75, 3.05) is 17.7 Å². The van der Waals surface area contributed by atoms with Crippen LogP contribution >= 0.6 is 11.6 Å². The van der Waals surface area contributed by atoms with E-state index in [2.05, 4.69) is 0 Å². The quantitative estimate of drug-likeness (QED) is 0.810. The smallest absolute Gasteiger partial charge is 0.250 e. The second kappa shape index (κ2) is 4.45. The van der Waals surface area contributed by atoms with E-state index in [-0.39, 0.29) is 0 Å². The molecule has 4 nitrogen and oxygen atoms in total. The number of nitrogens with zero attached hydrogens (tertiary/aromatic N) is 1. The molecule has 0 bridgehead atoms. The molecule has 17 heavy (non-hydrogen) atoms. The van der Waals surface area contributed by atoms with Crippen LogP contribution < -0.4 is 16.4 Å². The van der Waals surface area contributed by atoms with E-state index in [1.54, 1.807) is 12.1 Å². The maximum atomic E-state index is 11.4. The van der Waals surface area contributed by atoms with Crippen LogP contribution in [0.2, 0.25) is 5.02 Å². The van der Waals surface area contributed by atoms with Gasteiger partial charge in [0.1, 0.15) is 0 Å². The summed E-state index contributed by atoms with van der Waals surface area (Å²) < 4.78 is 0. The van der Waals surface area contributed by atoms with Crippen LogP contribution in [0.4, 0.5) is 11.4 Å². The third-order valence-electron chi connectivity index (χ3n) is 3.33. The van der Waals surface area contributed by atoms with Crippen LogP contribution in [0, 0.1) is 0 Å². The molecule has 0 spiro atoms. The molecular formula is C12H16ClN3O. The van der Waals surface area contributed by atoms with Gasteiger partial charge in [-0.05, 0) is 31.4 Å². The standard InChI is InChI=1S/C12H16ClN3O/c1-16(8-3-2-4-8)11-9(12(15)17)5-7(14)6-10(11)13/h5-6,8H,2-4,14H2,1H3,(H2,15,17). The first-order valence-electron chi connectivity index (χ1n) is 5.62. The molecule has 1 aromatic rings. The Balaban J connectivity index is 2.46. The van der Waals surface area contributed by atoms with E-state index >= 15 is 0 Å². The Hall–Kier alpha value is -1.42. The first-order chi connectivity index (χ1) is 8.00. The van der Waals surface area contributed by atoms with Crippen LogP contribution in [0.3, 0.4) is 0 Å². The van der Waals surface area contributed by atoms with Gasteiger partial charge < -0.3 is 16.4 Å². The minimum absolute atomic E-state index is 0.393. The summed E-state index contributed by atoms with van der Waals surface area (Å²) in [6, 6.07) is 3.67. The SMILES string of the molecule is CN(c1c(Cl)cc(N)cc1C(N)=O)C1CCC1. The Morgan fingerprint density at radius 1 is 1.47 bits per heavy atom. The molecule has 2 rings (SSSR count). The lowest BCUT2D eigenvalue weighted by atomic mass is 9.91. The van der Waals surface area contributed by atoms with E-state index in [0.717, 1.165) is 12.8 Å². The van der Waals surface area contributed by atoms with Gasteiger partial charge >= 0.3 is 0 Å². The topological polar surface area (TPSA) is 72.3 Å². The van der Waals surface area contributed by atoms with E-state index < -0.39 is 5.91 Å². The number of hydrogen-bond donors (Lipinski definition) is 2.